The van der Waals surface area contributed by atoms with Gasteiger partial charge in [0.05, 0.1) is 36.8 Å². The fourth-order valence-electron chi connectivity index (χ4n) is 5.51. The summed E-state index contributed by atoms with van der Waals surface area (Å²) in [6.45, 7) is 5.69. The Morgan fingerprint density at radius 2 is 1.85 bits per heavy atom. The predicted octanol–water partition coefficient (Wildman–Crippen LogP) is 3.57. The largest absolute Gasteiger partial charge is 0.490 e. The predicted molar refractivity (Wildman–Crippen MR) is 156 cm³/mol. The molecule has 224 valence electrons. The van der Waals surface area contributed by atoms with Crippen LogP contribution in [0.15, 0.2) is 24.4 Å². The van der Waals surface area contributed by atoms with E-state index < -0.39 is 34.0 Å². The number of aliphatic hydroxyl groups excluding tert-OH is 1. The molecule has 41 heavy (non-hydrogen) atoms. The normalized spacial score (nSPS) is 21.7. The fraction of sp³-hybridized carbons (Fsp3) is 0.607. The van der Waals surface area contributed by atoms with Crippen molar-refractivity contribution in [1.82, 2.24) is 9.97 Å². The summed E-state index contributed by atoms with van der Waals surface area (Å²) >= 11 is 0. The van der Waals surface area contributed by atoms with Gasteiger partial charge in [0.2, 0.25) is 10.0 Å². The molecule has 1 amide bonds. The summed E-state index contributed by atoms with van der Waals surface area (Å²) in [5, 5.41) is 11.9. The molecule has 3 N–H and O–H groups in total. The van der Waals surface area contributed by atoms with Crippen LogP contribution in [0, 0.1) is 5.41 Å². The van der Waals surface area contributed by atoms with Gasteiger partial charge in [-0.25, -0.2) is 22.8 Å². The molecule has 0 aromatic carbocycles. The SMILES string of the molecule is CCCOc1ccc(NC(=O)c2cnc(NS(=O)(=O)CCO)cc2N2CCC3(CC2)CC3)nc1N1CCC(C)(F)C1. The second-order valence-electron chi connectivity index (χ2n) is 11.6. The van der Waals surface area contributed by atoms with Gasteiger partial charge in [0, 0.05) is 38.3 Å². The number of hydrogen-bond acceptors (Lipinski definition) is 9. The Morgan fingerprint density at radius 3 is 2.49 bits per heavy atom. The van der Waals surface area contributed by atoms with Gasteiger partial charge in [0.15, 0.2) is 11.6 Å². The van der Waals surface area contributed by atoms with Crippen LogP contribution in [-0.4, -0.2) is 80.2 Å². The number of pyridine rings is 2. The number of aromatic nitrogens is 2. The summed E-state index contributed by atoms with van der Waals surface area (Å²) in [7, 11) is -3.79. The lowest BCUT2D eigenvalue weighted by atomic mass is 9.93. The molecule has 2 aromatic rings. The minimum Gasteiger partial charge on any atom is -0.490 e. The van der Waals surface area contributed by atoms with Crippen LogP contribution in [0.1, 0.15) is 62.7 Å². The number of anilines is 4. The van der Waals surface area contributed by atoms with E-state index >= 15 is 0 Å². The molecule has 0 bridgehead atoms. The summed E-state index contributed by atoms with van der Waals surface area (Å²) in [5.74, 6) is 0.486. The lowest BCUT2D eigenvalue weighted by Gasteiger charge is -2.35. The Hall–Kier alpha value is -3.19. The molecule has 3 fully saturated rings. The van der Waals surface area contributed by atoms with Gasteiger partial charge in [-0.15, -0.1) is 0 Å². The van der Waals surface area contributed by atoms with Crippen molar-refractivity contribution in [3.05, 3.63) is 30.0 Å². The van der Waals surface area contributed by atoms with E-state index in [-0.39, 0.29) is 23.7 Å². The molecule has 2 aliphatic heterocycles. The Kier molecular flexibility index (Phi) is 8.29. The second-order valence-corrected chi connectivity index (χ2v) is 13.5. The highest BCUT2D eigenvalue weighted by Crippen LogP contribution is 2.54. The summed E-state index contributed by atoms with van der Waals surface area (Å²) in [4.78, 5) is 26.4. The topological polar surface area (TPSA) is 137 Å². The number of alkyl halides is 1. The molecular formula is C28H39FN6O5S. The molecule has 2 saturated heterocycles. The van der Waals surface area contributed by atoms with Gasteiger partial charge in [0.1, 0.15) is 17.3 Å². The van der Waals surface area contributed by atoms with E-state index in [1.165, 1.54) is 19.0 Å². The molecular weight excluding hydrogens is 551 g/mol. The third-order valence-electron chi connectivity index (χ3n) is 8.13. The van der Waals surface area contributed by atoms with E-state index in [1.807, 2.05) is 11.8 Å². The van der Waals surface area contributed by atoms with Crippen LogP contribution in [0.3, 0.4) is 0 Å². The first-order valence-corrected chi connectivity index (χ1v) is 15.9. The quantitative estimate of drug-likeness (QED) is 0.359. The smallest absolute Gasteiger partial charge is 0.260 e. The number of carbonyl (C=O) groups excluding carboxylic acids is 1. The van der Waals surface area contributed by atoms with Gasteiger partial charge in [-0.2, -0.15) is 0 Å². The lowest BCUT2D eigenvalue weighted by molar-refractivity contribution is 0.102. The molecule has 4 heterocycles. The zero-order valence-corrected chi connectivity index (χ0v) is 24.5. The van der Waals surface area contributed by atoms with Crippen LogP contribution < -0.4 is 24.6 Å². The number of rotatable bonds is 11. The van der Waals surface area contributed by atoms with Gasteiger partial charge < -0.3 is 25.0 Å². The number of sulfonamides is 1. The minimum absolute atomic E-state index is 0.0813. The molecule has 11 nitrogen and oxygen atoms in total. The molecule has 3 aliphatic rings. The average Bonchev–Trinajstić information content (AvgIpc) is 3.58. The third kappa shape index (κ3) is 7.00. The molecule has 1 aliphatic carbocycles. The van der Waals surface area contributed by atoms with Gasteiger partial charge in [-0.05, 0) is 56.6 Å². The number of nitrogens with zero attached hydrogens (tertiary/aromatic N) is 4. The average molecular weight is 591 g/mol. The van der Waals surface area contributed by atoms with Crippen LogP contribution in [0.2, 0.25) is 0 Å². The van der Waals surface area contributed by atoms with E-state index in [1.54, 1.807) is 25.1 Å². The first kappa shape index (κ1) is 29.3. The maximum atomic E-state index is 14.7. The zero-order chi connectivity index (χ0) is 29.3. The number of hydrogen-bond donors (Lipinski definition) is 3. The van der Waals surface area contributed by atoms with E-state index in [0.29, 0.717) is 42.2 Å². The van der Waals surface area contributed by atoms with Crippen molar-refractivity contribution in [2.24, 2.45) is 5.41 Å². The summed E-state index contributed by atoms with van der Waals surface area (Å²) < 4.78 is 47.5. The van der Waals surface area contributed by atoms with Gasteiger partial charge in [-0.3, -0.25) is 9.52 Å². The molecule has 0 radical (unpaired) electrons. The number of ether oxygens (including phenoxy) is 1. The number of halogens is 1. The maximum absolute atomic E-state index is 14.7. The Labute approximate surface area is 240 Å². The summed E-state index contributed by atoms with van der Waals surface area (Å²) in [5.41, 5.74) is -0.0677. The van der Waals surface area contributed by atoms with Gasteiger partial charge >= 0.3 is 0 Å². The van der Waals surface area contributed by atoms with Crippen LogP contribution in [-0.2, 0) is 10.0 Å². The van der Waals surface area contributed by atoms with E-state index in [9.17, 15) is 17.6 Å². The monoisotopic (exact) mass is 590 g/mol. The summed E-state index contributed by atoms with van der Waals surface area (Å²) in [6.07, 6.45) is 7.00. The molecule has 1 unspecified atom stereocenters. The number of carbonyl (C=O) groups is 1. The third-order valence-corrected chi connectivity index (χ3v) is 9.37. The first-order valence-electron chi connectivity index (χ1n) is 14.3. The highest BCUT2D eigenvalue weighted by Gasteiger charge is 2.44. The van der Waals surface area contributed by atoms with Gasteiger partial charge in [-0.1, -0.05) is 6.92 Å². The number of nitrogens with one attached hydrogen (secondary N) is 2. The number of aliphatic hydroxyl groups is 1. The summed E-state index contributed by atoms with van der Waals surface area (Å²) in [6, 6.07) is 4.96. The second kappa shape index (κ2) is 11.6. The molecule has 1 saturated carbocycles. The first-order chi connectivity index (χ1) is 19.5. The molecule has 13 heteroatoms. The molecule has 5 rings (SSSR count). The van der Waals surface area contributed by atoms with E-state index in [0.717, 1.165) is 32.4 Å². The van der Waals surface area contributed by atoms with Crippen molar-refractivity contribution in [2.75, 3.05) is 65.0 Å². The fourth-order valence-corrected chi connectivity index (χ4v) is 6.28. The van der Waals surface area contributed by atoms with Gasteiger partial charge in [0.25, 0.3) is 5.91 Å². The van der Waals surface area contributed by atoms with Crippen LogP contribution in [0.5, 0.6) is 5.75 Å². The van der Waals surface area contributed by atoms with Crippen molar-refractivity contribution in [2.45, 2.75) is 58.0 Å². The van der Waals surface area contributed by atoms with Crippen molar-refractivity contribution >= 4 is 39.1 Å². The number of amides is 1. The Balaban J connectivity index is 1.41. The molecule has 1 spiro atoms. The minimum atomic E-state index is -3.79. The van der Waals surface area contributed by atoms with Crippen LogP contribution >= 0.6 is 0 Å². The highest BCUT2D eigenvalue weighted by atomic mass is 32.2. The van der Waals surface area contributed by atoms with Crippen molar-refractivity contribution in [1.29, 1.82) is 0 Å². The van der Waals surface area contributed by atoms with Crippen molar-refractivity contribution < 1.29 is 27.4 Å². The van der Waals surface area contributed by atoms with Crippen LogP contribution in [0.25, 0.3) is 0 Å². The van der Waals surface area contributed by atoms with E-state index in [4.69, 9.17) is 9.84 Å². The Bertz CT molecular complexity index is 1370. The van der Waals surface area contributed by atoms with Crippen molar-refractivity contribution in [3.8, 4) is 5.75 Å². The lowest BCUT2D eigenvalue weighted by Crippen LogP contribution is -2.36. The number of piperidine rings is 1. The molecule has 1 atom stereocenters. The highest BCUT2D eigenvalue weighted by molar-refractivity contribution is 7.92. The van der Waals surface area contributed by atoms with E-state index in [2.05, 4.69) is 24.9 Å². The maximum Gasteiger partial charge on any atom is 0.260 e. The zero-order valence-electron chi connectivity index (χ0n) is 23.7. The Morgan fingerprint density at radius 1 is 1.12 bits per heavy atom. The standard InChI is InChI=1S/C28H39FN6O5S/c1-3-15-40-22-4-5-23(31-25(22)35-11-8-27(2,29)19-35)32-26(37)20-18-30-24(33-41(38,39)16-14-36)17-21(20)34-12-9-28(6-7-28)10-13-34/h4-5,17-18,36H,3,6-16,19H2,1-2H3,(H,30,33)(H,31,32,37). The van der Waals surface area contributed by atoms with Crippen LogP contribution in [0.4, 0.5) is 27.5 Å². The molecule has 2 aromatic heterocycles. The van der Waals surface area contributed by atoms with Crippen molar-refractivity contribution in [3.63, 3.8) is 0 Å².